The van der Waals surface area contributed by atoms with Crippen molar-refractivity contribution in [2.45, 2.75) is 0 Å². The highest BCUT2D eigenvalue weighted by atomic mass is 35.5. The zero-order chi connectivity index (χ0) is 18.2. The van der Waals surface area contributed by atoms with Crippen molar-refractivity contribution < 1.29 is 19.0 Å². The summed E-state index contributed by atoms with van der Waals surface area (Å²) < 4.78 is 15.7. The molecule has 25 heavy (non-hydrogen) atoms. The molecule has 0 heterocycles. The van der Waals surface area contributed by atoms with Gasteiger partial charge in [-0.15, -0.1) is 0 Å². The van der Waals surface area contributed by atoms with Crippen LogP contribution in [-0.2, 0) is 0 Å². The van der Waals surface area contributed by atoms with Crippen LogP contribution in [0.1, 0.15) is 5.56 Å². The van der Waals surface area contributed by atoms with Crippen molar-refractivity contribution in [3.05, 3.63) is 47.0 Å². The van der Waals surface area contributed by atoms with E-state index in [1.807, 2.05) is 0 Å². The third-order valence-electron chi connectivity index (χ3n) is 3.19. The maximum atomic E-state index is 11.8. The molecule has 0 aliphatic carbocycles. The maximum absolute atomic E-state index is 11.8. The van der Waals surface area contributed by atoms with Crippen molar-refractivity contribution in [2.24, 2.45) is 5.10 Å². The number of carbonyl (C=O) groups is 1. The quantitative estimate of drug-likeness (QED) is 0.607. The number of hydrazone groups is 1. The molecule has 2 amide bonds. The van der Waals surface area contributed by atoms with E-state index in [-0.39, 0.29) is 0 Å². The molecule has 0 aliphatic heterocycles. The summed E-state index contributed by atoms with van der Waals surface area (Å²) in [4.78, 5) is 11.8. The average molecular weight is 364 g/mol. The van der Waals surface area contributed by atoms with Gasteiger partial charge < -0.3 is 19.5 Å². The highest BCUT2D eigenvalue weighted by molar-refractivity contribution is 6.30. The Morgan fingerprint density at radius 1 is 1.04 bits per heavy atom. The van der Waals surface area contributed by atoms with Crippen molar-refractivity contribution in [1.82, 2.24) is 5.43 Å². The normalized spacial score (nSPS) is 10.4. The first kappa shape index (κ1) is 18.4. The minimum atomic E-state index is -0.502. The van der Waals surface area contributed by atoms with E-state index in [2.05, 4.69) is 15.8 Å². The van der Waals surface area contributed by atoms with Gasteiger partial charge in [-0.1, -0.05) is 17.7 Å². The topological polar surface area (TPSA) is 81.2 Å². The van der Waals surface area contributed by atoms with Crippen LogP contribution >= 0.6 is 11.6 Å². The van der Waals surface area contributed by atoms with Crippen LogP contribution < -0.4 is 25.0 Å². The van der Waals surface area contributed by atoms with E-state index < -0.39 is 6.03 Å². The van der Waals surface area contributed by atoms with E-state index in [9.17, 15) is 4.79 Å². The molecule has 0 radical (unpaired) electrons. The zero-order valence-electron chi connectivity index (χ0n) is 14.0. The number of ether oxygens (including phenoxy) is 3. The fraction of sp³-hybridized carbons (Fsp3) is 0.176. The van der Waals surface area contributed by atoms with E-state index in [0.29, 0.717) is 33.5 Å². The van der Waals surface area contributed by atoms with Gasteiger partial charge in [0, 0.05) is 22.3 Å². The first-order chi connectivity index (χ1) is 12.1. The molecule has 0 fully saturated rings. The molecule has 2 aromatic carbocycles. The van der Waals surface area contributed by atoms with Crippen molar-refractivity contribution in [3.8, 4) is 17.2 Å². The second kappa shape index (κ2) is 8.79. The number of benzene rings is 2. The lowest BCUT2D eigenvalue weighted by atomic mass is 10.2. The monoisotopic (exact) mass is 363 g/mol. The van der Waals surface area contributed by atoms with Gasteiger partial charge in [0.2, 0.25) is 0 Å². The van der Waals surface area contributed by atoms with Crippen molar-refractivity contribution >= 4 is 29.5 Å². The van der Waals surface area contributed by atoms with Gasteiger partial charge in [-0.3, -0.25) is 0 Å². The number of amides is 2. The summed E-state index contributed by atoms with van der Waals surface area (Å²) in [5, 5.41) is 7.04. The third kappa shape index (κ3) is 5.02. The molecule has 7 nitrogen and oxygen atoms in total. The number of hydrogen-bond donors (Lipinski definition) is 2. The molecule has 0 saturated carbocycles. The molecule has 0 aromatic heterocycles. The second-order valence-electron chi connectivity index (χ2n) is 4.78. The summed E-state index contributed by atoms with van der Waals surface area (Å²) in [7, 11) is 4.59. The van der Waals surface area contributed by atoms with Crippen LogP contribution in [0.15, 0.2) is 41.5 Å². The Morgan fingerprint density at radius 2 is 1.72 bits per heavy atom. The summed E-state index contributed by atoms with van der Waals surface area (Å²) in [6.45, 7) is 0. The number of nitrogens with zero attached hydrogens (tertiary/aromatic N) is 1. The summed E-state index contributed by atoms with van der Waals surface area (Å²) in [6, 6.07) is 9.65. The number of anilines is 1. The Balaban J connectivity index is 2.07. The molecule has 8 heteroatoms. The largest absolute Gasteiger partial charge is 0.496 e. The van der Waals surface area contributed by atoms with E-state index in [0.717, 1.165) is 0 Å². The van der Waals surface area contributed by atoms with Gasteiger partial charge in [0.1, 0.15) is 5.75 Å². The molecule has 0 spiro atoms. The van der Waals surface area contributed by atoms with Gasteiger partial charge in [-0.2, -0.15) is 5.10 Å². The highest BCUT2D eigenvalue weighted by Gasteiger charge is 2.10. The van der Waals surface area contributed by atoms with Crippen molar-refractivity contribution in [2.75, 3.05) is 26.6 Å². The van der Waals surface area contributed by atoms with Gasteiger partial charge in [0.05, 0.1) is 27.5 Å². The van der Waals surface area contributed by atoms with Crippen LogP contribution in [0.4, 0.5) is 10.5 Å². The van der Waals surface area contributed by atoms with Crippen LogP contribution in [-0.4, -0.2) is 33.6 Å². The smallest absolute Gasteiger partial charge is 0.339 e. The maximum Gasteiger partial charge on any atom is 0.339 e. The molecule has 2 aromatic rings. The predicted molar refractivity (Wildman–Crippen MR) is 97.3 cm³/mol. The first-order valence-corrected chi connectivity index (χ1v) is 7.60. The summed E-state index contributed by atoms with van der Waals surface area (Å²) in [6.07, 6.45) is 1.44. The summed E-state index contributed by atoms with van der Waals surface area (Å²) >= 11 is 5.86. The molecular weight excluding hydrogens is 346 g/mol. The summed E-state index contributed by atoms with van der Waals surface area (Å²) in [5.41, 5.74) is 3.54. The third-order valence-corrected chi connectivity index (χ3v) is 3.42. The van der Waals surface area contributed by atoms with Gasteiger partial charge in [-0.25, -0.2) is 10.2 Å². The summed E-state index contributed by atoms with van der Waals surface area (Å²) in [5.74, 6) is 1.58. The van der Waals surface area contributed by atoms with Crippen molar-refractivity contribution in [3.63, 3.8) is 0 Å². The van der Waals surface area contributed by atoms with E-state index in [1.54, 1.807) is 36.4 Å². The Morgan fingerprint density at radius 3 is 2.36 bits per heavy atom. The molecule has 2 rings (SSSR count). The van der Waals surface area contributed by atoms with Crippen LogP contribution in [0.3, 0.4) is 0 Å². The van der Waals surface area contributed by atoms with E-state index in [4.69, 9.17) is 25.8 Å². The zero-order valence-corrected chi connectivity index (χ0v) is 14.8. The molecule has 0 aliphatic rings. The minimum Gasteiger partial charge on any atom is -0.496 e. The molecule has 0 unspecified atom stereocenters. The predicted octanol–water partition coefficient (Wildman–Crippen LogP) is 3.52. The highest BCUT2D eigenvalue weighted by Crippen LogP contribution is 2.33. The fourth-order valence-corrected chi connectivity index (χ4v) is 2.23. The minimum absolute atomic E-state index is 0.502. The van der Waals surface area contributed by atoms with Crippen LogP contribution in [0.2, 0.25) is 5.02 Å². The molecular formula is C17H18ClN3O4. The standard InChI is InChI=1S/C17H18ClN3O4/c1-23-14-9-16(25-3)15(24-2)7-11(14)10-19-21-17(22)20-13-6-4-5-12(18)8-13/h4-10H,1-3H3,(H2,20,21,22)/b19-10-. The van der Waals surface area contributed by atoms with Crippen molar-refractivity contribution in [1.29, 1.82) is 0 Å². The molecule has 132 valence electrons. The van der Waals surface area contributed by atoms with E-state index in [1.165, 1.54) is 27.5 Å². The van der Waals surface area contributed by atoms with Crippen LogP contribution in [0, 0.1) is 0 Å². The fourth-order valence-electron chi connectivity index (χ4n) is 2.04. The molecule has 0 atom stereocenters. The van der Waals surface area contributed by atoms with Crippen LogP contribution in [0.25, 0.3) is 0 Å². The Bertz CT molecular complexity index is 780. The Hall–Kier alpha value is -2.93. The Labute approximate surface area is 150 Å². The lowest BCUT2D eigenvalue weighted by Crippen LogP contribution is -2.24. The SMILES string of the molecule is COc1cc(OC)c(OC)cc1/C=N\NC(=O)Nc1cccc(Cl)c1. The van der Waals surface area contributed by atoms with Gasteiger partial charge >= 0.3 is 6.03 Å². The number of urea groups is 1. The number of halogens is 1. The lowest BCUT2D eigenvalue weighted by Gasteiger charge is -2.11. The molecule has 0 saturated heterocycles. The number of carbonyl (C=O) groups excluding carboxylic acids is 1. The number of hydrogen-bond acceptors (Lipinski definition) is 5. The lowest BCUT2D eigenvalue weighted by molar-refractivity contribution is 0.252. The van der Waals surface area contributed by atoms with Gasteiger partial charge in [-0.05, 0) is 24.3 Å². The Kier molecular flexibility index (Phi) is 6.47. The van der Waals surface area contributed by atoms with E-state index >= 15 is 0 Å². The molecule has 2 N–H and O–H groups in total. The number of methoxy groups -OCH3 is 3. The number of rotatable bonds is 6. The second-order valence-corrected chi connectivity index (χ2v) is 5.22. The molecule has 0 bridgehead atoms. The first-order valence-electron chi connectivity index (χ1n) is 7.23. The van der Waals surface area contributed by atoms with Gasteiger partial charge in [0.25, 0.3) is 0 Å². The van der Waals surface area contributed by atoms with Crippen LogP contribution in [0.5, 0.6) is 17.2 Å². The van der Waals surface area contributed by atoms with Gasteiger partial charge in [0.15, 0.2) is 11.5 Å². The number of nitrogens with one attached hydrogen (secondary N) is 2. The average Bonchev–Trinajstić information content (AvgIpc) is 2.61.